The number of halogens is 3. The van der Waals surface area contributed by atoms with Crippen molar-refractivity contribution in [3.8, 4) is 17.2 Å². The van der Waals surface area contributed by atoms with E-state index in [1.54, 1.807) is 31.2 Å². The van der Waals surface area contributed by atoms with Crippen molar-refractivity contribution in [2.45, 2.75) is 38.5 Å². The van der Waals surface area contributed by atoms with E-state index in [2.05, 4.69) is 5.48 Å². The second-order valence-corrected chi connectivity index (χ2v) is 6.80. The fraction of sp³-hybridized carbons (Fsp3) is 0.318. The molecule has 31 heavy (non-hydrogen) atoms. The van der Waals surface area contributed by atoms with E-state index in [4.69, 9.17) is 19.0 Å². The smallest absolute Gasteiger partial charge is 0.416 e. The minimum absolute atomic E-state index is 0.246. The molecule has 1 atom stereocenters. The van der Waals surface area contributed by atoms with Gasteiger partial charge in [-0.2, -0.15) is 13.2 Å². The van der Waals surface area contributed by atoms with Gasteiger partial charge >= 0.3 is 12.1 Å². The molecule has 0 spiro atoms. The van der Waals surface area contributed by atoms with Crippen LogP contribution in [0.25, 0.3) is 0 Å². The van der Waals surface area contributed by atoms with Gasteiger partial charge in [0.05, 0.1) is 5.56 Å². The van der Waals surface area contributed by atoms with Crippen molar-refractivity contribution in [2.75, 3.05) is 6.79 Å². The number of carbonyl (C=O) groups excluding carboxylic acids is 1. The highest BCUT2D eigenvalue weighted by atomic mass is 19.4. The number of hydrogen-bond donors (Lipinski definition) is 1. The minimum Gasteiger partial charge on any atom is -0.479 e. The van der Waals surface area contributed by atoms with Crippen molar-refractivity contribution in [3.63, 3.8) is 0 Å². The molecule has 0 radical (unpaired) electrons. The van der Waals surface area contributed by atoms with Gasteiger partial charge in [0.15, 0.2) is 6.10 Å². The van der Waals surface area contributed by atoms with Gasteiger partial charge in [-0.15, -0.1) is 0 Å². The third-order valence-electron chi connectivity index (χ3n) is 4.39. The largest absolute Gasteiger partial charge is 0.479 e. The average Bonchev–Trinajstić information content (AvgIpc) is 3.26. The molecule has 0 aliphatic heterocycles. The topological polar surface area (TPSA) is 66.0 Å². The van der Waals surface area contributed by atoms with Crippen LogP contribution in [0.4, 0.5) is 13.2 Å². The fourth-order valence-electron chi connectivity index (χ4n) is 2.78. The van der Waals surface area contributed by atoms with Crippen LogP contribution in [0.2, 0.25) is 0 Å². The molecule has 1 aliphatic rings. The van der Waals surface area contributed by atoms with Crippen molar-refractivity contribution >= 4 is 5.97 Å². The van der Waals surface area contributed by atoms with Gasteiger partial charge in [0.25, 0.3) is 0 Å². The van der Waals surface area contributed by atoms with Crippen molar-refractivity contribution in [3.05, 3.63) is 65.9 Å². The molecule has 0 heterocycles. The first-order chi connectivity index (χ1) is 14.8. The number of nitrogens with one attached hydrogen (secondary N) is 1. The van der Waals surface area contributed by atoms with Gasteiger partial charge in [-0.3, -0.25) is 5.48 Å². The average molecular weight is 437 g/mol. The van der Waals surface area contributed by atoms with Crippen LogP contribution < -0.4 is 15.0 Å². The predicted octanol–water partition coefficient (Wildman–Crippen LogP) is 5.35. The summed E-state index contributed by atoms with van der Waals surface area (Å²) in [4.78, 5) is 17.1. The highest BCUT2D eigenvalue weighted by Gasteiger charge is 2.30. The van der Waals surface area contributed by atoms with Gasteiger partial charge in [0.1, 0.15) is 17.2 Å². The lowest BCUT2D eigenvalue weighted by Crippen LogP contribution is -2.28. The summed E-state index contributed by atoms with van der Waals surface area (Å²) >= 11 is 0. The summed E-state index contributed by atoms with van der Waals surface area (Å²) in [5.41, 5.74) is 2.96. The molecule has 1 aliphatic carbocycles. The molecular weight excluding hydrogens is 415 g/mol. The summed E-state index contributed by atoms with van der Waals surface area (Å²) in [5.74, 6) is 0.482. The van der Waals surface area contributed by atoms with E-state index in [1.165, 1.54) is 12.1 Å². The summed E-state index contributed by atoms with van der Waals surface area (Å²) in [6, 6.07) is 10.7. The Labute approximate surface area is 177 Å². The summed E-state index contributed by atoms with van der Waals surface area (Å²) in [6.07, 6.45) is -0.249. The SMILES string of the molecule is CC(Oc1ccc(Oc2ccc(C(F)(F)F)cc2)cc1)C(=O)OCONC1=CCCC1. The zero-order chi connectivity index (χ0) is 22.3. The summed E-state index contributed by atoms with van der Waals surface area (Å²) < 4.78 is 53.8. The number of benzene rings is 2. The molecule has 9 heteroatoms. The summed E-state index contributed by atoms with van der Waals surface area (Å²) in [5, 5.41) is 0. The molecule has 0 saturated carbocycles. The monoisotopic (exact) mass is 437 g/mol. The molecule has 0 saturated heterocycles. The van der Waals surface area contributed by atoms with E-state index >= 15 is 0 Å². The lowest BCUT2D eigenvalue weighted by atomic mass is 10.2. The number of hydrogen-bond acceptors (Lipinski definition) is 6. The number of rotatable bonds is 9. The van der Waals surface area contributed by atoms with E-state index in [-0.39, 0.29) is 12.5 Å². The van der Waals surface area contributed by atoms with Crippen LogP contribution in [0.5, 0.6) is 17.2 Å². The van der Waals surface area contributed by atoms with Crippen LogP contribution in [0.3, 0.4) is 0 Å². The molecule has 0 amide bonds. The van der Waals surface area contributed by atoms with Crippen LogP contribution >= 0.6 is 0 Å². The van der Waals surface area contributed by atoms with E-state index < -0.39 is 23.8 Å². The highest BCUT2D eigenvalue weighted by molar-refractivity contribution is 5.74. The second-order valence-electron chi connectivity index (χ2n) is 6.80. The molecule has 166 valence electrons. The maximum atomic E-state index is 12.6. The molecule has 1 N–H and O–H groups in total. The van der Waals surface area contributed by atoms with E-state index in [9.17, 15) is 18.0 Å². The molecule has 0 fully saturated rings. The molecule has 1 unspecified atom stereocenters. The van der Waals surface area contributed by atoms with Crippen molar-refractivity contribution in [1.29, 1.82) is 0 Å². The quantitative estimate of drug-likeness (QED) is 0.247. The number of carbonyl (C=O) groups is 1. The Bertz CT molecular complexity index is 895. The Morgan fingerprint density at radius 1 is 1.03 bits per heavy atom. The van der Waals surface area contributed by atoms with Gasteiger partial charge in [-0.05, 0) is 74.7 Å². The van der Waals surface area contributed by atoms with Crippen LogP contribution in [0, 0.1) is 0 Å². The molecule has 0 aromatic heterocycles. The summed E-state index contributed by atoms with van der Waals surface area (Å²) in [7, 11) is 0. The highest BCUT2D eigenvalue weighted by Crippen LogP contribution is 2.31. The zero-order valence-electron chi connectivity index (χ0n) is 16.8. The molecule has 2 aromatic rings. The fourth-order valence-corrected chi connectivity index (χ4v) is 2.78. The Balaban J connectivity index is 1.43. The van der Waals surface area contributed by atoms with E-state index in [0.29, 0.717) is 11.5 Å². The predicted molar refractivity (Wildman–Crippen MR) is 105 cm³/mol. The van der Waals surface area contributed by atoms with Crippen molar-refractivity contribution in [2.24, 2.45) is 0 Å². The summed E-state index contributed by atoms with van der Waals surface area (Å²) in [6.45, 7) is 1.30. The number of hydroxylamine groups is 1. The van der Waals surface area contributed by atoms with Gasteiger partial charge < -0.3 is 14.2 Å². The lowest BCUT2D eigenvalue weighted by molar-refractivity contribution is -0.168. The molecule has 0 bridgehead atoms. The minimum atomic E-state index is -4.40. The molecule has 6 nitrogen and oxygen atoms in total. The molecule has 3 rings (SSSR count). The van der Waals surface area contributed by atoms with E-state index in [0.717, 1.165) is 37.1 Å². The first-order valence-corrected chi connectivity index (χ1v) is 9.66. The zero-order valence-corrected chi connectivity index (χ0v) is 16.8. The van der Waals surface area contributed by atoms with Gasteiger partial charge in [-0.1, -0.05) is 6.08 Å². The number of esters is 1. The maximum absolute atomic E-state index is 12.6. The second kappa shape index (κ2) is 10.2. The Morgan fingerprint density at radius 2 is 1.65 bits per heavy atom. The van der Waals surface area contributed by atoms with Gasteiger partial charge in [-0.25, -0.2) is 9.63 Å². The molecule has 2 aromatic carbocycles. The van der Waals surface area contributed by atoms with Gasteiger partial charge in [0, 0.05) is 5.70 Å². The van der Waals surface area contributed by atoms with Crippen LogP contribution in [0.1, 0.15) is 31.7 Å². The molecular formula is C22H22F3NO5. The lowest BCUT2D eigenvalue weighted by Gasteiger charge is -2.15. The van der Waals surface area contributed by atoms with Crippen molar-refractivity contribution < 1.29 is 37.0 Å². The van der Waals surface area contributed by atoms with Crippen LogP contribution in [-0.4, -0.2) is 18.9 Å². The number of allylic oxidation sites excluding steroid dienone is 2. The van der Waals surface area contributed by atoms with Crippen molar-refractivity contribution in [1.82, 2.24) is 5.48 Å². The Kier molecular flexibility index (Phi) is 7.41. The van der Waals surface area contributed by atoms with Crippen LogP contribution in [0.15, 0.2) is 60.3 Å². The van der Waals surface area contributed by atoms with Crippen LogP contribution in [-0.2, 0) is 20.5 Å². The first-order valence-electron chi connectivity index (χ1n) is 9.66. The first kappa shape index (κ1) is 22.5. The van der Waals surface area contributed by atoms with E-state index in [1.807, 2.05) is 6.08 Å². The third kappa shape index (κ3) is 6.92. The number of alkyl halides is 3. The third-order valence-corrected chi connectivity index (χ3v) is 4.39. The maximum Gasteiger partial charge on any atom is 0.416 e. The Morgan fingerprint density at radius 3 is 2.23 bits per heavy atom. The van der Waals surface area contributed by atoms with Gasteiger partial charge in [0.2, 0.25) is 6.79 Å². The normalized spacial score (nSPS) is 14.5. The Hall–Kier alpha value is -3.20. The number of ether oxygens (including phenoxy) is 3. The standard InChI is InChI=1S/C22H22F3NO5/c1-15(21(27)28-14-29-26-17-4-2-3-5-17)30-18-10-12-20(13-11-18)31-19-8-6-16(7-9-19)22(23,24)25/h4,6-13,15,26H,2-3,5,14H2,1H3.